The Kier molecular flexibility index (Phi) is 5.97. The molecule has 1 aromatic carbocycles. The maximum atomic E-state index is 13.9. The van der Waals surface area contributed by atoms with E-state index in [1.54, 1.807) is 13.1 Å². The molecule has 1 aliphatic carbocycles. The monoisotopic (exact) mass is 471 g/mol. The second-order valence-corrected chi connectivity index (χ2v) is 9.30. The smallest absolute Gasteiger partial charge is 0.365 e. The molecule has 1 aliphatic heterocycles. The minimum atomic E-state index is -4.61. The molecule has 3 atom stereocenters. The Hall–Kier alpha value is -3.07. The van der Waals surface area contributed by atoms with Crippen molar-refractivity contribution in [1.82, 2.24) is 20.1 Å². The number of benzene rings is 1. The van der Waals surface area contributed by atoms with Gasteiger partial charge in [0.25, 0.3) is 0 Å². The Morgan fingerprint density at radius 2 is 1.79 bits per heavy atom. The Labute approximate surface area is 195 Å². The molecule has 0 unspecified atom stereocenters. The lowest BCUT2D eigenvalue weighted by molar-refractivity contribution is -0.137. The van der Waals surface area contributed by atoms with Gasteiger partial charge in [0.1, 0.15) is 11.4 Å². The van der Waals surface area contributed by atoms with Gasteiger partial charge in [-0.3, -0.25) is 9.88 Å². The van der Waals surface area contributed by atoms with Crippen LogP contribution in [0.2, 0.25) is 0 Å². The lowest BCUT2D eigenvalue weighted by atomic mass is 10.0. The molecule has 9 heteroatoms. The first kappa shape index (κ1) is 22.7. The lowest BCUT2D eigenvalue weighted by Gasteiger charge is -2.21. The van der Waals surface area contributed by atoms with Crippen molar-refractivity contribution in [2.24, 2.45) is 11.8 Å². The van der Waals surface area contributed by atoms with E-state index in [0.29, 0.717) is 23.0 Å². The average molecular weight is 472 g/mol. The Balaban J connectivity index is 1.29. The van der Waals surface area contributed by atoms with Gasteiger partial charge in [-0.15, -0.1) is 10.2 Å². The third kappa shape index (κ3) is 4.75. The van der Waals surface area contributed by atoms with E-state index in [1.807, 2.05) is 18.2 Å². The van der Waals surface area contributed by atoms with E-state index in [1.165, 1.54) is 18.2 Å². The van der Waals surface area contributed by atoms with E-state index in [2.05, 4.69) is 25.4 Å². The van der Waals surface area contributed by atoms with Gasteiger partial charge in [0.2, 0.25) is 0 Å². The summed E-state index contributed by atoms with van der Waals surface area (Å²) in [6.07, 6.45) is -1.26. The largest absolute Gasteiger partial charge is 0.420 e. The summed E-state index contributed by atoms with van der Waals surface area (Å²) < 4.78 is 55.4. The molecule has 0 amide bonds. The number of pyridine rings is 1. The fourth-order valence-electron chi connectivity index (χ4n) is 5.27. The van der Waals surface area contributed by atoms with E-state index in [9.17, 15) is 17.6 Å². The van der Waals surface area contributed by atoms with Crippen molar-refractivity contribution < 1.29 is 17.6 Å². The molecular weight excluding hydrogens is 446 g/mol. The molecular formula is C25H25F4N5. The molecule has 2 aromatic heterocycles. The zero-order valence-corrected chi connectivity index (χ0v) is 18.7. The number of alkyl halides is 3. The Morgan fingerprint density at radius 1 is 1.03 bits per heavy atom. The van der Waals surface area contributed by atoms with Gasteiger partial charge >= 0.3 is 6.18 Å². The standard InChI is InChI=1S/C25H25F4N5/c1-15-5-6-18(26)10-21(15)23-11-22(25(27,28)29)24(33-32-23)31-20-8-16-12-34(13-17(16)9-20)14-19-4-2-3-7-30-19/h2-7,10-11,16-17,20H,8-9,12-14H2,1H3,(H,31,33)/t16-,17+,20+. The maximum absolute atomic E-state index is 13.9. The summed E-state index contributed by atoms with van der Waals surface area (Å²) in [5.41, 5.74) is 1.07. The van der Waals surface area contributed by atoms with Crippen LogP contribution in [0.15, 0.2) is 48.7 Å². The summed E-state index contributed by atoms with van der Waals surface area (Å²) in [5, 5.41) is 10.9. The fraction of sp³-hybridized carbons (Fsp3) is 0.400. The van der Waals surface area contributed by atoms with Crippen LogP contribution in [0, 0.1) is 24.6 Å². The number of nitrogens with zero attached hydrogens (tertiary/aromatic N) is 4. The van der Waals surface area contributed by atoms with Crippen molar-refractivity contribution >= 4 is 5.82 Å². The number of nitrogens with one attached hydrogen (secondary N) is 1. The van der Waals surface area contributed by atoms with Gasteiger partial charge in [-0.1, -0.05) is 12.1 Å². The van der Waals surface area contributed by atoms with Crippen LogP contribution in [0.25, 0.3) is 11.3 Å². The number of aryl methyl sites for hydroxylation is 1. The lowest BCUT2D eigenvalue weighted by Crippen LogP contribution is -2.26. The highest BCUT2D eigenvalue weighted by Gasteiger charge is 2.42. The van der Waals surface area contributed by atoms with Crippen LogP contribution in [-0.4, -0.2) is 39.2 Å². The van der Waals surface area contributed by atoms with Gasteiger partial charge in [0.15, 0.2) is 5.82 Å². The normalized spacial score (nSPS) is 22.7. The summed E-state index contributed by atoms with van der Waals surface area (Å²) in [7, 11) is 0. The molecule has 1 saturated carbocycles. The molecule has 5 rings (SSSR count). The molecule has 3 aromatic rings. The molecule has 5 nitrogen and oxygen atoms in total. The van der Waals surface area contributed by atoms with Crippen LogP contribution < -0.4 is 5.32 Å². The van der Waals surface area contributed by atoms with Crippen LogP contribution in [0.5, 0.6) is 0 Å². The first-order valence-corrected chi connectivity index (χ1v) is 11.4. The highest BCUT2D eigenvalue weighted by molar-refractivity contribution is 5.65. The van der Waals surface area contributed by atoms with Gasteiger partial charge < -0.3 is 5.32 Å². The van der Waals surface area contributed by atoms with Crippen LogP contribution in [0.4, 0.5) is 23.4 Å². The average Bonchev–Trinajstić information content (AvgIpc) is 3.33. The first-order chi connectivity index (χ1) is 16.3. The summed E-state index contributed by atoms with van der Waals surface area (Å²) >= 11 is 0. The van der Waals surface area contributed by atoms with Gasteiger partial charge in [-0.05, 0) is 67.5 Å². The number of likely N-dealkylation sites (tertiary alicyclic amines) is 1. The van der Waals surface area contributed by atoms with Crippen molar-refractivity contribution in [1.29, 1.82) is 0 Å². The van der Waals surface area contributed by atoms with Crippen LogP contribution >= 0.6 is 0 Å². The second kappa shape index (κ2) is 8.94. The minimum absolute atomic E-state index is 0.00308. The number of hydrogen-bond acceptors (Lipinski definition) is 5. The molecule has 178 valence electrons. The molecule has 1 N–H and O–H groups in total. The van der Waals surface area contributed by atoms with E-state index in [-0.39, 0.29) is 17.6 Å². The SMILES string of the molecule is Cc1ccc(F)cc1-c1cc(C(F)(F)F)c(N[C@H]2C[C@@H]3CN(Cc4ccccn4)C[C@@H]3C2)nn1. The van der Waals surface area contributed by atoms with Crippen molar-refractivity contribution in [3.05, 3.63) is 71.3 Å². The molecule has 2 aliphatic rings. The number of anilines is 1. The predicted octanol–water partition coefficient (Wildman–Crippen LogP) is 5.33. The number of fused-ring (bicyclic) bond motifs is 1. The van der Waals surface area contributed by atoms with Gasteiger partial charge in [-0.2, -0.15) is 13.2 Å². The summed E-state index contributed by atoms with van der Waals surface area (Å²) in [4.78, 5) is 6.75. The van der Waals surface area contributed by atoms with Crippen molar-refractivity contribution in [2.45, 2.75) is 38.5 Å². The van der Waals surface area contributed by atoms with E-state index in [4.69, 9.17) is 0 Å². The number of hydrogen-bond donors (Lipinski definition) is 1. The van der Waals surface area contributed by atoms with E-state index >= 15 is 0 Å². The Bertz CT molecular complexity index is 1150. The van der Waals surface area contributed by atoms with Crippen LogP contribution in [0.3, 0.4) is 0 Å². The van der Waals surface area contributed by atoms with Gasteiger partial charge in [-0.25, -0.2) is 4.39 Å². The molecule has 34 heavy (non-hydrogen) atoms. The fourth-order valence-corrected chi connectivity index (χ4v) is 5.27. The number of aromatic nitrogens is 3. The summed E-state index contributed by atoms with van der Waals surface area (Å²) in [6, 6.07) is 10.7. The van der Waals surface area contributed by atoms with Crippen LogP contribution in [0.1, 0.15) is 29.7 Å². The topological polar surface area (TPSA) is 53.9 Å². The third-order valence-corrected chi connectivity index (χ3v) is 6.85. The Morgan fingerprint density at radius 3 is 2.47 bits per heavy atom. The first-order valence-electron chi connectivity index (χ1n) is 11.4. The minimum Gasteiger partial charge on any atom is -0.365 e. The van der Waals surface area contributed by atoms with E-state index in [0.717, 1.165) is 44.2 Å². The highest BCUT2D eigenvalue weighted by atomic mass is 19.4. The number of halogens is 4. The zero-order chi connectivity index (χ0) is 23.9. The van der Waals surface area contributed by atoms with Crippen LogP contribution in [-0.2, 0) is 12.7 Å². The molecule has 3 heterocycles. The van der Waals surface area contributed by atoms with Gasteiger partial charge in [0, 0.05) is 37.4 Å². The molecule has 0 bridgehead atoms. The molecule has 2 fully saturated rings. The second-order valence-electron chi connectivity index (χ2n) is 9.30. The van der Waals surface area contributed by atoms with Crippen molar-refractivity contribution in [3.63, 3.8) is 0 Å². The quantitative estimate of drug-likeness (QED) is 0.510. The maximum Gasteiger partial charge on any atom is 0.420 e. The van der Waals surface area contributed by atoms with E-state index < -0.39 is 17.6 Å². The van der Waals surface area contributed by atoms with Crippen molar-refractivity contribution in [2.75, 3.05) is 18.4 Å². The third-order valence-electron chi connectivity index (χ3n) is 6.85. The van der Waals surface area contributed by atoms with Gasteiger partial charge in [0.05, 0.1) is 11.4 Å². The molecule has 0 radical (unpaired) electrons. The molecule has 1 saturated heterocycles. The van der Waals surface area contributed by atoms with Crippen molar-refractivity contribution in [3.8, 4) is 11.3 Å². The summed E-state index contributed by atoms with van der Waals surface area (Å²) in [6.45, 7) is 4.31. The highest BCUT2D eigenvalue weighted by Crippen LogP contribution is 2.41. The molecule has 0 spiro atoms. The summed E-state index contributed by atoms with van der Waals surface area (Å²) in [5.74, 6) is 0.0591. The number of rotatable bonds is 5. The zero-order valence-electron chi connectivity index (χ0n) is 18.7. The predicted molar refractivity (Wildman–Crippen MR) is 120 cm³/mol.